The Labute approximate surface area is 125 Å². The van der Waals surface area contributed by atoms with Crippen molar-refractivity contribution >= 4 is 22.5 Å². The van der Waals surface area contributed by atoms with Gasteiger partial charge < -0.3 is 10.6 Å². The minimum atomic E-state index is -0.0865. The van der Waals surface area contributed by atoms with Gasteiger partial charge in [0.2, 0.25) is 0 Å². The third kappa shape index (κ3) is 2.99. The molecule has 0 aliphatic heterocycles. The summed E-state index contributed by atoms with van der Waals surface area (Å²) in [7, 11) is 1.86. The molecule has 2 N–H and O–H groups in total. The molecule has 21 heavy (non-hydrogen) atoms. The van der Waals surface area contributed by atoms with Gasteiger partial charge in [-0.1, -0.05) is 37.5 Å². The van der Waals surface area contributed by atoms with Gasteiger partial charge in [-0.3, -0.25) is 4.79 Å². The van der Waals surface area contributed by atoms with Gasteiger partial charge in [0.1, 0.15) is 5.69 Å². The summed E-state index contributed by atoms with van der Waals surface area (Å²) in [5, 5.41) is 7.16. The van der Waals surface area contributed by atoms with E-state index in [4.69, 9.17) is 0 Å². The third-order valence-electron chi connectivity index (χ3n) is 4.28. The van der Waals surface area contributed by atoms with Crippen molar-refractivity contribution in [2.24, 2.45) is 5.92 Å². The number of hydrogen-bond donors (Lipinski definition) is 2. The Balaban J connectivity index is 1.74. The van der Waals surface area contributed by atoms with Crippen molar-refractivity contribution in [2.75, 3.05) is 18.9 Å². The Morgan fingerprint density at radius 3 is 2.86 bits per heavy atom. The zero-order valence-corrected chi connectivity index (χ0v) is 12.4. The number of amides is 1. The lowest BCUT2D eigenvalue weighted by atomic mass is 9.83. The zero-order chi connectivity index (χ0) is 14.7. The molecule has 1 aliphatic rings. The number of carbonyl (C=O) groups excluding carboxylic acids is 1. The van der Waals surface area contributed by atoms with Gasteiger partial charge in [0.25, 0.3) is 5.91 Å². The van der Waals surface area contributed by atoms with E-state index in [1.807, 2.05) is 37.4 Å². The molecule has 1 aromatic carbocycles. The molecule has 1 saturated carbocycles. The highest BCUT2D eigenvalue weighted by Gasteiger charge is 2.17. The van der Waals surface area contributed by atoms with E-state index in [0.29, 0.717) is 5.69 Å². The molecule has 0 saturated heterocycles. The van der Waals surface area contributed by atoms with Crippen molar-refractivity contribution < 1.29 is 4.79 Å². The SMILES string of the molecule is CNc1cc(C(=O)NCCC2CCC2)nc2ccccc12. The number of aromatic nitrogens is 1. The molecule has 0 atom stereocenters. The molecule has 110 valence electrons. The van der Waals surface area contributed by atoms with Crippen LogP contribution in [0, 0.1) is 5.92 Å². The monoisotopic (exact) mass is 283 g/mol. The molecule has 4 nitrogen and oxygen atoms in total. The van der Waals surface area contributed by atoms with Gasteiger partial charge in [0.15, 0.2) is 0 Å². The predicted molar refractivity (Wildman–Crippen MR) is 85.6 cm³/mol. The fourth-order valence-electron chi connectivity index (χ4n) is 2.76. The molecule has 1 aromatic heterocycles. The summed E-state index contributed by atoms with van der Waals surface area (Å²) in [6.45, 7) is 0.743. The lowest BCUT2D eigenvalue weighted by molar-refractivity contribution is 0.0944. The predicted octanol–water partition coefficient (Wildman–Crippen LogP) is 3.20. The smallest absolute Gasteiger partial charge is 0.269 e. The first-order valence-electron chi connectivity index (χ1n) is 7.63. The first-order valence-corrected chi connectivity index (χ1v) is 7.63. The van der Waals surface area contributed by atoms with E-state index in [-0.39, 0.29) is 5.91 Å². The van der Waals surface area contributed by atoms with Crippen LogP contribution in [0.2, 0.25) is 0 Å². The van der Waals surface area contributed by atoms with Crippen LogP contribution in [-0.4, -0.2) is 24.5 Å². The summed E-state index contributed by atoms with van der Waals surface area (Å²) in [6.07, 6.45) is 5.05. The second-order valence-corrected chi connectivity index (χ2v) is 5.66. The first kappa shape index (κ1) is 13.9. The molecular formula is C17H21N3O. The Bertz CT molecular complexity index is 650. The molecule has 1 amide bonds. The number of benzene rings is 1. The number of rotatable bonds is 5. The second-order valence-electron chi connectivity index (χ2n) is 5.66. The minimum Gasteiger partial charge on any atom is -0.388 e. The normalized spacial score (nSPS) is 14.7. The quantitative estimate of drug-likeness (QED) is 0.886. The maximum atomic E-state index is 12.2. The fourth-order valence-corrected chi connectivity index (χ4v) is 2.76. The number of hydrogen-bond acceptors (Lipinski definition) is 3. The summed E-state index contributed by atoms with van der Waals surface area (Å²) < 4.78 is 0. The molecule has 0 unspecified atom stereocenters. The zero-order valence-electron chi connectivity index (χ0n) is 12.4. The fraction of sp³-hybridized carbons (Fsp3) is 0.412. The molecule has 1 heterocycles. The lowest BCUT2D eigenvalue weighted by Gasteiger charge is -2.25. The van der Waals surface area contributed by atoms with Crippen molar-refractivity contribution in [2.45, 2.75) is 25.7 Å². The van der Waals surface area contributed by atoms with Crippen molar-refractivity contribution in [3.05, 3.63) is 36.0 Å². The third-order valence-corrected chi connectivity index (χ3v) is 4.28. The summed E-state index contributed by atoms with van der Waals surface area (Å²) in [4.78, 5) is 16.7. The minimum absolute atomic E-state index is 0.0865. The number of anilines is 1. The Morgan fingerprint density at radius 1 is 1.33 bits per heavy atom. The highest BCUT2D eigenvalue weighted by Crippen LogP contribution is 2.28. The van der Waals surface area contributed by atoms with E-state index in [2.05, 4.69) is 15.6 Å². The van der Waals surface area contributed by atoms with E-state index >= 15 is 0 Å². The van der Waals surface area contributed by atoms with Crippen LogP contribution < -0.4 is 10.6 Å². The van der Waals surface area contributed by atoms with Gasteiger partial charge in [0, 0.05) is 24.7 Å². The summed E-state index contributed by atoms with van der Waals surface area (Å²) in [5.74, 6) is 0.722. The Kier molecular flexibility index (Phi) is 4.04. The van der Waals surface area contributed by atoms with Gasteiger partial charge >= 0.3 is 0 Å². The van der Waals surface area contributed by atoms with Crippen LogP contribution in [0.15, 0.2) is 30.3 Å². The number of nitrogens with zero attached hydrogens (tertiary/aromatic N) is 1. The van der Waals surface area contributed by atoms with E-state index < -0.39 is 0 Å². The average molecular weight is 283 g/mol. The summed E-state index contributed by atoms with van der Waals surface area (Å²) >= 11 is 0. The number of fused-ring (bicyclic) bond motifs is 1. The van der Waals surface area contributed by atoms with Gasteiger partial charge in [-0.15, -0.1) is 0 Å². The molecule has 0 radical (unpaired) electrons. The van der Waals surface area contributed by atoms with Gasteiger partial charge in [-0.05, 0) is 24.5 Å². The van der Waals surface area contributed by atoms with Crippen LogP contribution in [0.1, 0.15) is 36.2 Å². The maximum Gasteiger partial charge on any atom is 0.269 e. The number of nitrogens with one attached hydrogen (secondary N) is 2. The van der Waals surface area contributed by atoms with Crippen LogP contribution >= 0.6 is 0 Å². The van der Waals surface area contributed by atoms with Crippen LogP contribution in [0.4, 0.5) is 5.69 Å². The van der Waals surface area contributed by atoms with E-state index in [1.54, 1.807) is 0 Å². The molecule has 0 bridgehead atoms. The van der Waals surface area contributed by atoms with Crippen molar-refractivity contribution in [3.63, 3.8) is 0 Å². The molecule has 4 heteroatoms. The number of carbonyl (C=O) groups is 1. The largest absolute Gasteiger partial charge is 0.388 e. The van der Waals surface area contributed by atoms with Crippen molar-refractivity contribution in [1.82, 2.24) is 10.3 Å². The van der Waals surface area contributed by atoms with E-state index in [9.17, 15) is 4.79 Å². The van der Waals surface area contributed by atoms with Crippen LogP contribution in [0.25, 0.3) is 10.9 Å². The summed E-state index contributed by atoms with van der Waals surface area (Å²) in [6, 6.07) is 9.67. The number of para-hydroxylation sites is 1. The molecule has 0 spiro atoms. The maximum absolute atomic E-state index is 12.2. The molecule has 1 aliphatic carbocycles. The standard InChI is InChI=1S/C17H21N3O/c1-18-15-11-16(20-14-8-3-2-7-13(14)15)17(21)19-10-9-12-5-4-6-12/h2-3,7-8,11-12H,4-6,9-10H2,1H3,(H,18,20)(H,19,21). The second kappa shape index (κ2) is 6.12. The Morgan fingerprint density at radius 2 is 2.14 bits per heavy atom. The average Bonchev–Trinajstić information content (AvgIpc) is 2.48. The highest BCUT2D eigenvalue weighted by atomic mass is 16.1. The highest BCUT2D eigenvalue weighted by molar-refractivity contribution is 5.99. The van der Waals surface area contributed by atoms with Crippen LogP contribution in [0.5, 0.6) is 0 Å². The van der Waals surface area contributed by atoms with Crippen LogP contribution in [-0.2, 0) is 0 Å². The van der Waals surface area contributed by atoms with Crippen molar-refractivity contribution in [3.8, 4) is 0 Å². The van der Waals surface area contributed by atoms with E-state index in [1.165, 1.54) is 19.3 Å². The van der Waals surface area contributed by atoms with Crippen LogP contribution in [0.3, 0.4) is 0 Å². The molecule has 2 aromatic rings. The van der Waals surface area contributed by atoms with Gasteiger partial charge in [-0.2, -0.15) is 0 Å². The lowest BCUT2D eigenvalue weighted by Crippen LogP contribution is -2.28. The first-order chi connectivity index (χ1) is 10.3. The molecule has 3 rings (SSSR count). The van der Waals surface area contributed by atoms with Gasteiger partial charge in [0.05, 0.1) is 5.52 Å². The van der Waals surface area contributed by atoms with Gasteiger partial charge in [-0.25, -0.2) is 4.98 Å². The summed E-state index contributed by atoms with van der Waals surface area (Å²) in [5.41, 5.74) is 2.25. The topological polar surface area (TPSA) is 54.0 Å². The number of pyridine rings is 1. The molecule has 1 fully saturated rings. The van der Waals surface area contributed by atoms with E-state index in [0.717, 1.165) is 35.5 Å². The van der Waals surface area contributed by atoms with Crippen molar-refractivity contribution in [1.29, 1.82) is 0 Å². The Hall–Kier alpha value is -2.10. The molecular weight excluding hydrogens is 262 g/mol.